The lowest BCUT2D eigenvalue weighted by molar-refractivity contribution is -0.116. The Balaban J connectivity index is 3.06. The van der Waals surface area contributed by atoms with Crippen molar-refractivity contribution in [2.45, 2.75) is 6.92 Å². The van der Waals surface area contributed by atoms with E-state index in [1.54, 1.807) is 0 Å². The SMILES string of the molecule is CNC(=O)C(C#N)=C1SC=C(C)N1C. The van der Waals surface area contributed by atoms with Gasteiger partial charge in [0.15, 0.2) is 0 Å². The monoisotopic (exact) mass is 209 g/mol. The highest BCUT2D eigenvalue weighted by molar-refractivity contribution is 8.06. The molecule has 0 aromatic carbocycles. The Hall–Kier alpha value is -1.41. The van der Waals surface area contributed by atoms with E-state index in [-0.39, 0.29) is 11.5 Å². The number of likely N-dealkylation sites (N-methyl/N-ethyl adjacent to an activating group) is 1. The molecule has 0 aliphatic carbocycles. The predicted molar refractivity (Wildman–Crippen MR) is 55.8 cm³/mol. The van der Waals surface area contributed by atoms with Gasteiger partial charge in [0.25, 0.3) is 5.91 Å². The molecule has 0 saturated heterocycles. The first-order chi connectivity index (χ1) is 6.61. The summed E-state index contributed by atoms with van der Waals surface area (Å²) in [5, 5.41) is 13.9. The van der Waals surface area contributed by atoms with Crippen molar-refractivity contribution in [2.24, 2.45) is 0 Å². The molecule has 4 nitrogen and oxygen atoms in total. The van der Waals surface area contributed by atoms with Crippen molar-refractivity contribution in [3.63, 3.8) is 0 Å². The number of hydrogen-bond donors (Lipinski definition) is 1. The molecule has 14 heavy (non-hydrogen) atoms. The maximum absolute atomic E-state index is 11.3. The molecule has 0 fully saturated rings. The quantitative estimate of drug-likeness (QED) is 0.517. The number of nitriles is 1. The van der Waals surface area contributed by atoms with Gasteiger partial charge in [-0.1, -0.05) is 11.8 Å². The molecule has 1 heterocycles. The second-order valence-electron chi connectivity index (χ2n) is 2.81. The van der Waals surface area contributed by atoms with Crippen LogP contribution in [0.4, 0.5) is 0 Å². The molecular weight excluding hydrogens is 198 g/mol. The molecule has 0 aromatic rings. The molecular formula is C9H11N3OS. The lowest BCUT2D eigenvalue weighted by atomic mass is 10.3. The third kappa shape index (κ3) is 1.75. The van der Waals surface area contributed by atoms with E-state index in [4.69, 9.17) is 5.26 Å². The second kappa shape index (κ2) is 4.20. The Kier molecular flexibility index (Phi) is 3.20. The molecule has 0 radical (unpaired) electrons. The molecule has 0 spiro atoms. The van der Waals surface area contributed by atoms with Gasteiger partial charge >= 0.3 is 0 Å². The first-order valence-corrected chi connectivity index (χ1v) is 4.93. The molecule has 74 valence electrons. The van der Waals surface area contributed by atoms with Gasteiger partial charge in [-0.05, 0) is 12.3 Å². The van der Waals surface area contributed by atoms with Gasteiger partial charge in [-0.25, -0.2) is 0 Å². The van der Waals surface area contributed by atoms with Crippen LogP contribution in [0.3, 0.4) is 0 Å². The Morgan fingerprint density at radius 2 is 2.36 bits per heavy atom. The van der Waals surface area contributed by atoms with Crippen molar-refractivity contribution in [3.05, 3.63) is 21.7 Å². The van der Waals surface area contributed by atoms with Crippen LogP contribution >= 0.6 is 11.8 Å². The Bertz CT molecular complexity index is 365. The van der Waals surface area contributed by atoms with Crippen LogP contribution in [0, 0.1) is 11.3 Å². The Morgan fingerprint density at radius 1 is 1.71 bits per heavy atom. The fourth-order valence-electron chi connectivity index (χ4n) is 1.01. The van der Waals surface area contributed by atoms with E-state index in [1.165, 1.54) is 18.8 Å². The van der Waals surface area contributed by atoms with Crippen LogP contribution in [0.25, 0.3) is 0 Å². The number of carbonyl (C=O) groups is 1. The van der Waals surface area contributed by atoms with E-state index >= 15 is 0 Å². The molecule has 0 bridgehead atoms. The van der Waals surface area contributed by atoms with Crippen LogP contribution in [-0.4, -0.2) is 24.9 Å². The molecule has 0 unspecified atom stereocenters. The van der Waals surface area contributed by atoms with E-state index in [0.717, 1.165) is 5.70 Å². The average Bonchev–Trinajstić information content (AvgIpc) is 2.50. The maximum Gasteiger partial charge on any atom is 0.264 e. The lowest BCUT2D eigenvalue weighted by Crippen LogP contribution is -2.23. The first-order valence-electron chi connectivity index (χ1n) is 4.05. The molecule has 1 aliphatic rings. The summed E-state index contributed by atoms with van der Waals surface area (Å²) in [6.07, 6.45) is 0. The summed E-state index contributed by atoms with van der Waals surface area (Å²) in [5.74, 6) is -0.343. The minimum absolute atomic E-state index is 0.160. The van der Waals surface area contributed by atoms with Crippen molar-refractivity contribution >= 4 is 17.7 Å². The van der Waals surface area contributed by atoms with Crippen molar-refractivity contribution in [3.8, 4) is 6.07 Å². The van der Waals surface area contributed by atoms with Crippen LogP contribution in [-0.2, 0) is 4.79 Å². The number of nitrogens with zero attached hydrogens (tertiary/aromatic N) is 2. The highest BCUT2D eigenvalue weighted by atomic mass is 32.2. The van der Waals surface area contributed by atoms with Gasteiger partial charge in [0.2, 0.25) is 0 Å². The zero-order valence-corrected chi connectivity index (χ0v) is 9.10. The fraction of sp³-hybridized carbons (Fsp3) is 0.333. The van der Waals surface area contributed by atoms with Crippen molar-refractivity contribution < 1.29 is 4.79 Å². The number of carbonyl (C=O) groups excluding carboxylic acids is 1. The fourth-order valence-corrected chi connectivity index (χ4v) is 2.01. The van der Waals surface area contributed by atoms with Crippen LogP contribution in [0.5, 0.6) is 0 Å². The summed E-state index contributed by atoms with van der Waals surface area (Å²) in [5.41, 5.74) is 1.19. The predicted octanol–water partition coefficient (Wildman–Crippen LogP) is 1.01. The molecule has 1 rings (SSSR count). The van der Waals surface area contributed by atoms with E-state index in [2.05, 4.69) is 5.32 Å². The average molecular weight is 209 g/mol. The molecule has 0 aromatic heterocycles. The second-order valence-corrected chi connectivity index (χ2v) is 3.67. The largest absolute Gasteiger partial charge is 0.354 e. The summed E-state index contributed by atoms with van der Waals surface area (Å²) in [4.78, 5) is 13.2. The van der Waals surface area contributed by atoms with Crippen LogP contribution < -0.4 is 5.32 Å². The Morgan fingerprint density at radius 3 is 2.71 bits per heavy atom. The number of nitrogens with one attached hydrogen (secondary N) is 1. The van der Waals surface area contributed by atoms with E-state index in [1.807, 2.05) is 30.3 Å². The maximum atomic E-state index is 11.3. The van der Waals surface area contributed by atoms with Gasteiger partial charge in [0.05, 0.1) is 0 Å². The highest BCUT2D eigenvalue weighted by Crippen LogP contribution is 2.34. The number of rotatable bonds is 1. The number of amides is 1. The topological polar surface area (TPSA) is 56.1 Å². The summed E-state index contributed by atoms with van der Waals surface area (Å²) in [6.45, 7) is 1.93. The zero-order valence-electron chi connectivity index (χ0n) is 8.29. The van der Waals surface area contributed by atoms with Crippen molar-refractivity contribution in [2.75, 3.05) is 14.1 Å². The standard InChI is InChI=1S/C9H11N3OS/c1-6-5-14-9(12(6)3)7(4-10)8(13)11-2/h5H,1-3H3,(H,11,13). The van der Waals surface area contributed by atoms with Crippen LogP contribution in [0.15, 0.2) is 21.7 Å². The van der Waals surface area contributed by atoms with Gasteiger partial charge < -0.3 is 10.2 Å². The molecule has 1 aliphatic heterocycles. The first kappa shape index (κ1) is 10.7. The summed E-state index contributed by atoms with van der Waals surface area (Å²) < 4.78 is 0. The molecule has 1 N–H and O–H groups in total. The van der Waals surface area contributed by atoms with Gasteiger partial charge in [-0.2, -0.15) is 5.26 Å². The smallest absolute Gasteiger partial charge is 0.264 e. The normalized spacial score (nSPS) is 18.7. The van der Waals surface area contributed by atoms with Crippen LogP contribution in [0.2, 0.25) is 0 Å². The summed E-state index contributed by atoms with van der Waals surface area (Å²) >= 11 is 1.40. The lowest BCUT2D eigenvalue weighted by Gasteiger charge is -2.15. The van der Waals surface area contributed by atoms with Crippen molar-refractivity contribution in [1.29, 1.82) is 5.26 Å². The van der Waals surface area contributed by atoms with E-state index < -0.39 is 0 Å². The number of hydrogen-bond acceptors (Lipinski definition) is 4. The van der Waals surface area contributed by atoms with Crippen molar-refractivity contribution in [1.82, 2.24) is 10.2 Å². The minimum Gasteiger partial charge on any atom is -0.354 e. The zero-order chi connectivity index (χ0) is 10.7. The van der Waals surface area contributed by atoms with Gasteiger partial charge in [-0.15, -0.1) is 0 Å². The molecule has 5 heteroatoms. The summed E-state index contributed by atoms with van der Waals surface area (Å²) in [6, 6.07) is 1.92. The number of thioether (sulfide) groups is 1. The third-order valence-electron chi connectivity index (χ3n) is 1.95. The van der Waals surface area contributed by atoms with E-state index in [0.29, 0.717) is 5.03 Å². The van der Waals surface area contributed by atoms with Crippen LogP contribution in [0.1, 0.15) is 6.92 Å². The minimum atomic E-state index is -0.343. The highest BCUT2D eigenvalue weighted by Gasteiger charge is 2.22. The van der Waals surface area contributed by atoms with Gasteiger partial charge in [-0.3, -0.25) is 4.79 Å². The molecule has 1 amide bonds. The molecule has 0 saturated carbocycles. The van der Waals surface area contributed by atoms with Gasteiger partial charge in [0.1, 0.15) is 16.7 Å². The van der Waals surface area contributed by atoms with E-state index in [9.17, 15) is 4.79 Å². The van der Waals surface area contributed by atoms with Gasteiger partial charge in [0, 0.05) is 19.8 Å². The number of allylic oxidation sites excluding steroid dienone is 1. The molecule has 0 atom stereocenters. The Labute approximate surface area is 87.3 Å². The summed E-state index contributed by atoms with van der Waals surface area (Å²) in [7, 11) is 3.35. The third-order valence-corrected chi connectivity index (χ3v) is 3.11.